The molecule has 5 aromatic heterocycles. The molecule has 0 atom stereocenters. The summed E-state index contributed by atoms with van der Waals surface area (Å²) in [4.78, 5) is 4.65. The maximum Gasteiger partial charge on any atom is 0.220 e. The van der Waals surface area contributed by atoms with Crippen LogP contribution in [0.25, 0.3) is 157 Å². The number of hydrogen-bond acceptors (Lipinski definition) is 4. The van der Waals surface area contributed by atoms with Gasteiger partial charge in [-0.2, -0.15) is 5.26 Å². The second-order valence-electron chi connectivity index (χ2n) is 19.2. The third-order valence-electron chi connectivity index (χ3n) is 15.4. The van der Waals surface area contributed by atoms with E-state index in [1.54, 1.807) is 11.3 Å². The number of furan rings is 2. The molecule has 0 saturated carbocycles. The van der Waals surface area contributed by atoms with Crippen molar-refractivity contribution in [3.8, 4) is 50.8 Å². The zero-order valence-corrected chi connectivity index (χ0v) is 40.6. The zero-order valence-electron chi connectivity index (χ0n) is 39.8. The number of para-hydroxylation sites is 3. The SMILES string of the molecule is [C-]#[N+]c1c(-c2ccccc2)c(C#N)c(-n2c3ccccc3c3cc(-c4ccccc4)c4c5ccccc5oc4c32)c(-c2ccccc2)c1-n1c2c(ccc3c4ccccc4oc32)c2ccc3c4ccccc4sc3c21. The van der Waals surface area contributed by atoms with Gasteiger partial charge in [-0.3, -0.25) is 0 Å². The lowest BCUT2D eigenvalue weighted by molar-refractivity contribution is 0.671. The molecule has 0 spiro atoms. The van der Waals surface area contributed by atoms with Crippen LogP contribution in [0.2, 0.25) is 0 Å². The van der Waals surface area contributed by atoms with Crippen LogP contribution in [-0.2, 0) is 0 Å². The molecule has 0 fully saturated rings. The first-order valence-corrected chi connectivity index (χ1v) is 25.7. The molecule has 75 heavy (non-hydrogen) atoms. The lowest BCUT2D eigenvalue weighted by Gasteiger charge is -2.26. The smallest absolute Gasteiger partial charge is 0.220 e. The molecule has 346 valence electrons. The van der Waals surface area contributed by atoms with Crippen molar-refractivity contribution in [2.45, 2.75) is 0 Å². The third kappa shape index (κ3) is 5.65. The molecule has 6 nitrogen and oxygen atoms in total. The first kappa shape index (κ1) is 41.4. The molecular formula is C68H36N4O2S. The van der Waals surface area contributed by atoms with E-state index >= 15 is 0 Å². The highest BCUT2D eigenvalue weighted by atomic mass is 32.1. The van der Waals surface area contributed by atoms with E-state index in [9.17, 15) is 11.8 Å². The van der Waals surface area contributed by atoms with Gasteiger partial charge in [0.15, 0.2) is 11.2 Å². The minimum absolute atomic E-state index is 0.353. The summed E-state index contributed by atoms with van der Waals surface area (Å²) in [5.74, 6) is 0. The first-order valence-electron chi connectivity index (χ1n) is 24.9. The summed E-state index contributed by atoms with van der Waals surface area (Å²) in [6.07, 6.45) is 0. The van der Waals surface area contributed by atoms with Crippen molar-refractivity contribution in [2.24, 2.45) is 0 Å². The van der Waals surface area contributed by atoms with Crippen molar-refractivity contribution in [3.05, 3.63) is 235 Å². The fourth-order valence-electron chi connectivity index (χ4n) is 12.3. The topological polar surface area (TPSA) is 64.3 Å². The molecule has 0 amide bonds. The Kier molecular flexibility index (Phi) is 8.65. The average molecular weight is 973 g/mol. The van der Waals surface area contributed by atoms with Gasteiger partial charge in [-0.05, 0) is 58.7 Å². The molecule has 0 radical (unpaired) electrons. The molecule has 11 aromatic carbocycles. The van der Waals surface area contributed by atoms with Crippen LogP contribution in [-0.4, -0.2) is 9.13 Å². The van der Waals surface area contributed by atoms with Crippen molar-refractivity contribution >= 4 is 125 Å². The summed E-state index contributed by atoms with van der Waals surface area (Å²) < 4.78 is 21.1. The molecule has 16 aromatic rings. The molecule has 5 heterocycles. The standard InChI is InChI=1S/C68H36N4O2S/c1-70-60-57(40-21-7-3-8-22-40)52(38-69)61(71-53-29-15-11-25-42(53)51-37-50(39-19-5-2-6-20-39)59-49-28-13-17-31-55(49)74-67(59)63(51)71)58(41-23-9-4-10-24-41)65(60)72-62-45(33-35-47-43-26-12-16-30-54(43)73-66(47)62)46-34-36-48-44-27-14-18-32-56(44)75-68(48)64(46)72/h2-37H. The molecule has 0 bridgehead atoms. The molecule has 7 heteroatoms. The molecule has 0 unspecified atom stereocenters. The first-order chi connectivity index (χ1) is 37.2. The van der Waals surface area contributed by atoms with Gasteiger partial charge in [-0.25, -0.2) is 4.85 Å². The van der Waals surface area contributed by atoms with Gasteiger partial charge in [-0.15, -0.1) is 11.3 Å². The van der Waals surface area contributed by atoms with E-state index in [0.29, 0.717) is 33.8 Å². The van der Waals surface area contributed by atoms with Gasteiger partial charge in [0.05, 0.1) is 50.3 Å². The van der Waals surface area contributed by atoms with E-state index in [1.807, 2.05) is 78.9 Å². The highest BCUT2D eigenvalue weighted by molar-refractivity contribution is 7.26. The fourth-order valence-corrected chi connectivity index (χ4v) is 13.5. The van der Waals surface area contributed by atoms with E-state index in [4.69, 9.17) is 8.83 Å². The Hall–Kier alpha value is -10.2. The van der Waals surface area contributed by atoms with Crippen LogP contribution in [0.15, 0.2) is 227 Å². The molecular weight excluding hydrogens is 937 g/mol. The van der Waals surface area contributed by atoms with Crippen molar-refractivity contribution in [3.63, 3.8) is 0 Å². The molecule has 0 N–H and O–H groups in total. The van der Waals surface area contributed by atoms with Gasteiger partial charge in [0, 0.05) is 69.7 Å². The summed E-state index contributed by atoms with van der Waals surface area (Å²) in [5.41, 5.74) is 13.5. The van der Waals surface area contributed by atoms with Crippen LogP contribution in [0.3, 0.4) is 0 Å². The summed E-state index contributed by atoms with van der Waals surface area (Å²) in [6, 6.07) is 78.3. The van der Waals surface area contributed by atoms with Gasteiger partial charge >= 0.3 is 0 Å². The Morgan fingerprint density at radius 3 is 1.71 bits per heavy atom. The van der Waals surface area contributed by atoms with Crippen LogP contribution in [0.5, 0.6) is 0 Å². The van der Waals surface area contributed by atoms with Crippen LogP contribution in [0.1, 0.15) is 5.56 Å². The maximum absolute atomic E-state index is 12.2. The fraction of sp³-hybridized carbons (Fsp3) is 0. The second kappa shape index (κ2) is 15.7. The lowest BCUT2D eigenvalue weighted by atomic mass is 9.88. The summed E-state index contributed by atoms with van der Waals surface area (Å²) >= 11 is 1.76. The van der Waals surface area contributed by atoms with Crippen molar-refractivity contribution < 1.29 is 8.83 Å². The Bertz CT molecular complexity index is 5070. The molecule has 0 saturated heterocycles. The monoisotopic (exact) mass is 972 g/mol. The quantitative estimate of drug-likeness (QED) is 0.161. The van der Waals surface area contributed by atoms with Gasteiger partial charge in [0.2, 0.25) is 5.69 Å². The number of benzene rings is 11. The number of aromatic nitrogens is 2. The van der Waals surface area contributed by atoms with E-state index in [0.717, 1.165) is 120 Å². The summed E-state index contributed by atoms with van der Waals surface area (Å²) in [7, 11) is 0. The normalized spacial score (nSPS) is 12.0. The summed E-state index contributed by atoms with van der Waals surface area (Å²) in [5, 5.41) is 22.5. The van der Waals surface area contributed by atoms with Crippen LogP contribution < -0.4 is 0 Å². The van der Waals surface area contributed by atoms with Crippen LogP contribution in [0.4, 0.5) is 5.69 Å². The highest BCUT2D eigenvalue weighted by Gasteiger charge is 2.34. The number of thiophene rings is 1. The lowest BCUT2D eigenvalue weighted by Crippen LogP contribution is -2.09. The van der Waals surface area contributed by atoms with Gasteiger partial charge < -0.3 is 18.0 Å². The Balaban J connectivity index is 1.21. The van der Waals surface area contributed by atoms with Crippen molar-refractivity contribution in [2.75, 3.05) is 0 Å². The minimum Gasteiger partial charge on any atom is -0.454 e. The Morgan fingerprint density at radius 2 is 0.987 bits per heavy atom. The van der Waals surface area contributed by atoms with Crippen LogP contribution in [0, 0.1) is 17.9 Å². The van der Waals surface area contributed by atoms with E-state index in [-0.39, 0.29) is 0 Å². The second-order valence-corrected chi connectivity index (χ2v) is 20.2. The van der Waals surface area contributed by atoms with Gasteiger partial charge in [0.25, 0.3) is 0 Å². The van der Waals surface area contributed by atoms with Gasteiger partial charge in [0.1, 0.15) is 17.2 Å². The third-order valence-corrected chi connectivity index (χ3v) is 16.6. The van der Waals surface area contributed by atoms with E-state index in [2.05, 4.69) is 160 Å². The zero-order chi connectivity index (χ0) is 49.5. The van der Waals surface area contributed by atoms with E-state index in [1.165, 1.54) is 10.1 Å². The molecule has 0 aliphatic rings. The largest absolute Gasteiger partial charge is 0.454 e. The summed E-state index contributed by atoms with van der Waals surface area (Å²) in [6.45, 7) is 9.57. The van der Waals surface area contributed by atoms with Crippen molar-refractivity contribution in [1.82, 2.24) is 9.13 Å². The minimum atomic E-state index is 0.353. The van der Waals surface area contributed by atoms with Crippen molar-refractivity contribution in [1.29, 1.82) is 5.26 Å². The Morgan fingerprint density at radius 1 is 0.440 bits per heavy atom. The van der Waals surface area contributed by atoms with Gasteiger partial charge in [-0.1, -0.05) is 182 Å². The predicted molar refractivity (Wildman–Crippen MR) is 310 cm³/mol. The maximum atomic E-state index is 12.2. The number of fused-ring (bicyclic) bond motifs is 18. The average Bonchev–Trinajstić information content (AvgIpc) is 4.43. The number of hydrogen-bond donors (Lipinski definition) is 0. The highest BCUT2D eigenvalue weighted by Crippen LogP contribution is 2.55. The van der Waals surface area contributed by atoms with E-state index < -0.39 is 0 Å². The number of nitrogens with zero attached hydrogens (tertiary/aromatic N) is 4. The molecule has 0 aliphatic carbocycles. The predicted octanol–water partition coefficient (Wildman–Crippen LogP) is 19.5. The number of nitriles is 1. The number of rotatable bonds is 5. The van der Waals surface area contributed by atoms with Crippen LogP contribution >= 0.6 is 11.3 Å². The Labute approximate surface area is 431 Å². The molecule has 16 rings (SSSR count). The molecule has 0 aliphatic heterocycles.